The molecule has 29 heavy (non-hydrogen) atoms. The Hall–Kier alpha value is -2.58. The second-order valence-corrected chi connectivity index (χ2v) is 8.62. The molecule has 0 aliphatic rings. The molecule has 0 spiro atoms. The molecule has 1 N–H and O–H groups in total. The number of carbonyl (C=O) groups is 1. The van der Waals surface area contributed by atoms with E-state index in [1.54, 1.807) is 12.1 Å². The maximum atomic E-state index is 12.4. The van der Waals surface area contributed by atoms with Crippen molar-refractivity contribution in [3.05, 3.63) is 53.6 Å². The smallest absolute Gasteiger partial charge is 0.251 e. The average Bonchev–Trinajstić information content (AvgIpc) is 2.70. The topological polar surface area (TPSA) is 84.9 Å². The molecule has 0 aliphatic carbocycles. The fourth-order valence-corrected chi connectivity index (χ4v) is 3.63. The van der Waals surface area contributed by atoms with Crippen LogP contribution in [0.1, 0.15) is 29.8 Å². The summed E-state index contributed by atoms with van der Waals surface area (Å²) in [5.74, 6) is 1.05. The van der Waals surface area contributed by atoms with Crippen molar-refractivity contribution >= 4 is 15.9 Å². The fraction of sp³-hybridized carbons (Fsp3) is 0.381. The molecule has 8 heteroatoms. The Balaban J connectivity index is 2.02. The SMILES string of the molecule is CCOc1ccc(CCNC(=O)c2cccc(S(=O)(=O)N(C)C)c2)cc1OCC. The van der Waals surface area contributed by atoms with Crippen molar-refractivity contribution in [1.82, 2.24) is 9.62 Å². The molecule has 158 valence electrons. The lowest BCUT2D eigenvalue weighted by molar-refractivity contribution is 0.0954. The van der Waals surface area contributed by atoms with Gasteiger partial charge in [-0.2, -0.15) is 0 Å². The predicted molar refractivity (Wildman–Crippen MR) is 112 cm³/mol. The molecule has 0 atom stereocenters. The van der Waals surface area contributed by atoms with Crippen molar-refractivity contribution in [2.45, 2.75) is 25.2 Å². The minimum atomic E-state index is -3.59. The third kappa shape index (κ3) is 5.95. The van der Waals surface area contributed by atoms with Crippen LogP contribution in [-0.2, 0) is 16.4 Å². The maximum absolute atomic E-state index is 12.4. The van der Waals surface area contributed by atoms with E-state index in [0.29, 0.717) is 43.2 Å². The Morgan fingerprint density at radius 2 is 1.69 bits per heavy atom. The zero-order chi connectivity index (χ0) is 21.4. The minimum absolute atomic E-state index is 0.0861. The predicted octanol–water partition coefficient (Wildman–Crippen LogP) is 2.71. The molecular weight excluding hydrogens is 392 g/mol. The number of carbonyl (C=O) groups excluding carboxylic acids is 1. The molecule has 0 saturated heterocycles. The second-order valence-electron chi connectivity index (χ2n) is 6.47. The summed E-state index contributed by atoms with van der Waals surface area (Å²) >= 11 is 0. The molecule has 1 amide bonds. The molecule has 2 aromatic carbocycles. The van der Waals surface area contributed by atoms with Crippen LogP contribution in [0.25, 0.3) is 0 Å². The summed E-state index contributed by atoms with van der Waals surface area (Å²) in [6, 6.07) is 11.7. The van der Waals surface area contributed by atoms with E-state index < -0.39 is 10.0 Å². The van der Waals surface area contributed by atoms with Gasteiger partial charge < -0.3 is 14.8 Å². The molecule has 0 bridgehead atoms. The number of hydrogen-bond donors (Lipinski definition) is 1. The second kappa shape index (κ2) is 10.3. The van der Waals surface area contributed by atoms with Crippen LogP contribution in [-0.4, -0.2) is 52.5 Å². The lowest BCUT2D eigenvalue weighted by Crippen LogP contribution is -2.26. The van der Waals surface area contributed by atoms with E-state index in [4.69, 9.17) is 9.47 Å². The monoisotopic (exact) mass is 420 g/mol. The quantitative estimate of drug-likeness (QED) is 0.639. The molecule has 2 rings (SSSR count). The van der Waals surface area contributed by atoms with Crippen LogP contribution in [0.4, 0.5) is 0 Å². The number of hydrogen-bond acceptors (Lipinski definition) is 5. The van der Waals surface area contributed by atoms with Gasteiger partial charge in [0.2, 0.25) is 10.0 Å². The van der Waals surface area contributed by atoms with Crippen LogP contribution >= 0.6 is 0 Å². The standard InChI is InChI=1S/C21H28N2O5S/c1-5-27-19-11-10-16(14-20(19)28-6-2)12-13-22-21(24)17-8-7-9-18(15-17)29(25,26)23(3)4/h7-11,14-15H,5-6,12-13H2,1-4H3,(H,22,24). The van der Waals surface area contributed by atoms with Gasteiger partial charge in [0.1, 0.15) is 0 Å². The Morgan fingerprint density at radius 1 is 1.00 bits per heavy atom. The van der Waals surface area contributed by atoms with Gasteiger partial charge in [-0.1, -0.05) is 12.1 Å². The zero-order valence-electron chi connectivity index (χ0n) is 17.3. The number of sulfonamides is 1. The third-order valence-corrected chi connectivity index (χ3v) is 5.99. The Kier molecular flexibility index (Phi) is 8.04. The highest BCUT2D eigenvalue weighted by Gasteiger charge is 2.18. The number of nitrogens with one attached hydrogen (secondary N) is 1. The van der Waals surface area contributed by atoms with Crippen molar-refractivity contribution in [3.8, 4) is 11.5 Å². The van der Waals surface area contributed by atoms with Crippen molar-refractivity contribution in [2.24, 2.45) is 0 Å². The van der Waals surface area contributed by atoms with Crippen LogP contribution < -0.4 is 14.8 Å². The molecule has 0 aliphatic heterocycles. The molecule has 0 aromatic heterocycles. The summed E-state index contributed by atoms with van der Waals surface area (Å²) in [7, 11) is -0.680. The summed E-state index contributed by atoms with van der Waals surface area (Å²) < 4.78 is 36.8. The Bertz CT molecular complexity index is 942. The van der Waals surface area contributed by atoms with Gasteiger partial charge in [-0.25, -0.2) is 12.7 Å². The first-order chi connectivity index (χ1) is 13.8. The van der Waals surface area contributed by atoms with E-state index in [9.17, 15) is 13.2 Å². The number of rotatable bonds is 10. The lowest BCUT2D eigenvalue weighted by atomic mass is 10.1. The summed E-state index contributed by atoms with van der Waals surface area (Å²) in [5, 5.41) is 2.83. The summed E-state index contributed by atoms with van der Waals surface area (Å²) in [5.41, 5.74) is 1.30. The highest BCUT2D eigenvalue weighted by Crippen LogP contribution is 2.28. The molecule has 2 aromatic rings. The molecule has 0 fully saturated rings. The van der Waals surface area contributed by atoms with Crippen LogP contribution in [0.15, 0.2) is 47.4 Å². The highest BCUT2D eigenvalue weighted by atomic mass is 32.2. The average molecular weight is 421 g/mol. The van der Waals surface area contributed by atoms with Gasteiger partial charge in [0.05, 0.1) is 18.1 Å². The van der Waals surface area contributed by atoms with E-state index in [-0.39, 0.29) is 10.8 Å². The number of ether oxygens (including phenoxy) is 2. The first-order valence-corrected chi connectivity index (χ1v) is 10.9. The van der Waals surface area contributed by atoms with Crippen molar-refractivity contribution in [1.29, 1.82) is 0 Å². The lowest BCUT2D eigenvalue weighted by Gasteiger charge is -2.13. The largest absolute Gasteiger partial charge is 0.490 e. The number of benzene rings is 2. The van der Waals surface area contributed by atoms with Gasteiger partial charge in [0.15, 0.2) is 11.5 Å². The van der Waals surface area contributed by atoms with E-state index in [0.717, 1.165) is 9.87 Å². The first-order valence-electron chi connectivity index (χ1n) is 9.48. The molecular formula is C21H28N2O5S. The molecule has 0 unspecified atom stereocenters. The zero-order valence-corrected chi connectivity index (χ0v) is 18.1. The van der Waals surface area contributed by atoms with Crippen molar-refractivity contribution in [3.63, 3.8) is 0 Å². The normalized spacial score (nSPS) is 11.3. The first kappa shape index (κ1) is 22.7. The van der Waals surface area contributed by atoms with Crippen LogP contribution in [0.5, 0.6) is 11.5 Å². The molecule has 7 nitrogen and oxygen atoms in total. The van der Waals surface area contributed by atoms with Crippen LogP contribution in [0, 0.1) is 0 Å². The highest BCUT2D eigenvalue weighted by molar-refractivity contribution is 7.89. The van der Waals surface area contributed by atoms with Crippen molar-refractivity contribution in [2.75, 3.05) is 33.9 Å². The van der Waals surface area contributed by atoms with Gasteiger partial charge in [-0.3, -0.25) is 4.79 Å². The summed E-state index contributed by atoms with van der Waals surface area (Å²) in [6.07, 6.45) is 0.605. The minimum Gasteiger partial charge on any atom is -0.490 e. The molecule has 0 saturated carbocycles. The Labute approximate surface area is 172 Å². The summed E-state index contributed by atoms with van der Waals surface area (Å²) in [6.45, 7) is 5.32. The van der Waals surface area contributed by atoms with E-state index >= 15 is 0 Å². The molecule has 0 heterocycles. The van der Waals surface area contributed by atoms with Crippen LogP contribution in [0.3, 0.4) is 0 Å². The van der Waals surface area contributed by atoms with Gasteiger partial charge >= 0.3 is 0 Å². The number of amides is 1. The van der Waals surface area contributed by atoms with E-state index in [1.807, 2.05) is 32.0 Å². The number of nitrogens with zero attached hydrogens (tertiary/aromatic N) is 1. The van der Waals surface area contributed by atoms with E-state index in [1.165, 1.54) is 26.2 Å². The van der Waals surface area contributed by atoms with Gasteiger partial charge in [0.25, 0.3) is 5.91 Å². The van der Waals surface area contributed by atoms with Gasteiger partial charge in [-0.15, -0.1) is 0 Å². The van der Waals surface area contributed by atoms with Gasteiger partial charge in [0, 0.05) is 26.2 Å². The third-order valence-electron chi connectivity index (χ3n) is 4.18. The molecule has 0 radical (unpaired) electrons. The summed E-state index contributed by atoms with van der Waals surface area (Å²) in [4.78, 5) is 12.5. The van der Waals surface area contributed by atoms with Crippen molar-refractivity contribution < 1.29 is 22.7 Å². The fourth-order valence-electron chi connectivity index (χ4n) is 2.68. The van der Waals surface area contributed by atoms with Gasteiger partial charge in [-0.05, 0) is 56.2 Å². The van der Waals surface area contributed by atoms with E-state index in [2.05, 4.69) is 5.32 Å². The Morgan fingerprint density at radius 3 is 2.34 bits per heavy atom. The van der Waals surface area contributed by atoms with Crippen LogP contribution in [0.2, 0.25) is 0 Å². The maximum Gasteiger partial charge on any atom is 0.251 e.